The standard InChI is InChI=1S/C12H19NO3/c1-16-11-9-2-8-3-10(11)6-12(4-8,5-9)7-13(14)15/h8-11H,2-7H2,1H3. The third kappa shape index (κ3) is 1.46. The highest BCUT2D eigenvalue weighted by Crippen LogP contribution is 2.60. The summed E-state index contributed by atoms with van der Waals surface area (Å²) in [5, 5.41) is 10.8. The fourth-order valence-electron chi connectivity index (χ4n) is 5.00. The largest absolute Gasteiger partial charge is 0.381 e. The molecular weight excluding hydrogens is 206 g/mol. The van der Waals surface area contributed by atoms with E-state index in [4.69, 9.17) is 4.74 Å². The summed E-state index contributed by atoms with van der Waals surface area (Å²) in [7, 11) is 1.80. The zero-order valence-electron chi connectivity index (χ0n) is 9.72. The third-order valence-electron chi connectivity index (χ3n) is 5.05. The van der Waals surface area contributed by atoms with Gasteiger partial charge in [-0.2, -0.15) is 0 Å². The van der Waals surface area contributed by atoms with Crippen molar-refractivity contribution in [1.29, 1.82) is 0 Å². The van der Waals surface area contributed by atoms with Gasteiger partial charge < -0.3 is 4.74 Å². The average Bonchev–Trinajstić information content (AvgIpc) is 2.13. The van der Waals surface area contributed by atoms with Crippen LogP contribution in [0.2, 0.25) is 0 Å². The molecular formula is C12H19NO3. The van der Waals surface area contributed by atoms with Gasteiger partial charge in [0.2, 0.25) is 6.54 Å². The molecule has 0 aromatic rings. The molecule has 0 heterocycles. The molecule has 4 nitrogen and oxygen atoms in total. The van der Waals surface area contributed by atoms with Crippen molar-refractivity contribution in [3.05, 3.63) is 10.1 Å². The molecule has 0 radical (unpaired) electrons. The predicted octanol–water partition coefficient (Wildman–Crippen LogP) is 2.10. The lowest BCUT2D eigenvalue weighted by Crippen LogP contribution is -2.56. The first-order valence-electron chi connectivity index (χ1n) is 6.26. The molecule has 4 rings (SSSR count). The van der Waals surface area contributed by atoms with Crippen LogP contribution in [-0.4, -0.2) is 24.7 Å². The molecule has 0 N–H and O–H groups in total. The summed E-state index contributed by atoms with van der Waals surface area (Å²) in [5.41, 5.74) is 0.0228. The second-order valence-corrected chi connectivity index (χ2v) is 6.16. The molecule has 0 aromatic carbocycles. The van der Waals surface area contributed by atoms with Crippen LogP contribution in [0.3, 0.4) is 0 Å². The second kappa shape index (κ2) is 3.42. The van der Waals surface area contributed by atoms with Crippen molar-refractivity contribution in [1.82, 2.24) is 0 Å². The topological polar surface area (TPSA) is 52.4 Å². The molecule has 2 unspecified atom stereocenters. The molecule has 4 aliphatic carbocycles. The number of ether oxygens (including phenoxy) is 1. The fourth-order valence-corrected chi connectivity index (χ4v) is 5.00. The van der Waals surface area contributed by atoms with Gasteiger partial charge in [-0.3, -0.25) is 10.1 Å². The van der Waals surface area contributed by atoms with Crippen LogP contribution < -0.4 is 0 Å². The molecule has 0 spiro atoms. The molecule has 4 heteroatoms. The van der Waals surface area contributed by atoms with Crippen molar-refractivity contribution in [2.75, 3.05) is 13.7 Å². The smallest absolute Gasteiger partial charge is 0.209 e. The van der Waals surface area contributed by atoms with Gasteiger partial charge in [0, 0.05) is 17.4 Å². The quantitative estimate of drug-likeness (QED) is 0.546. The van der Waals surface area contributed by atoms with E-state index in [1.807, 2.05) is 0 Å². The maximum Gasteiger partial charge on any atom is 0.209 e. The number of nitro groups is 1. The summed E-state index contributed by atoms with van der Waals surface area (Å²) >= 11 is 0. The van der Waals surface area contributed by atoms with Crippen molar-refractivity contribution in [3.8, 4) is 0 Å². The Labute approximate surface area is 95.5 Å². The number of rotatable bonds is 3. The molecule has 0 amide bonds. The van der Waals surface area contributed by atoms with Gasteiger partial charge in [0.15, 0.2) is 0 Å². The molecule has 0 saturated heterocycles. The maximum atomic E-state index is 10.8. The van der Waals surface area contributed by atoms with Gasteiger partial charge in [-0.15, -0.1) is 0 Å². The Balaban J connectivity index is 1.83. The molecule has 0 aromatic heterocycles. The van der Waals surface area contributed by atoms with Crippen LogP contribution in [-0.2, 0) is 4.74 Å². The van der Waals surface area contributed by atoms with E-state index in [1.54, 1.807) is 7.11 Å². The Kier molecular flexibility index (Phi) is 2.25. The van der Waals surface area contributed by atoms with Crippen LogP contribution in [0.1, 0.15) is 32.1 Å². The molecule has 4 saturated carbocycles. The zero-order chi connectivity index (χ0) is 11.3. The summed E-state index contributed by atoms with van der Waals surface area (Å²) in [5.74, 6) is 1.93. The normalized spacial score (nSPS) is 49.6. The Morgan fingerprint density at radius 3 is 2.44 bits per heavy atom. The minimum Gasteiger partial charge on any atom is -0.381 e. The summed E-state index contributed by atoms with van der Waals surface area (Å²) < 4.78 is 5.61. The number of hydrogen-bond acceptors (Lipinski definition) is 3. The van der Waals surface area contributed by atoms with Crippen molar-refractivity contribution in [2.24, 2.45) is 23.2 Å². The highest BCUT2D eigenvalue weighted by Gasteiger charge is 2.57. The summed E-state index contributed by atoms with van der Waals surface area (Å²) in [6, 6.07) is 0. The molecule has 2 atom stereocenters. The van der Waals surface area contributed by atoms with Gasteiger partial charge in [-0.1, -0.05) is 0 Å². The second-order valence-electron chi connectivity index (χ2n) is 6.16. The van der Waals surface area contributed by atoms with Gasteiger partial charge in [-0.25, -0.2) is 0 Å². The van der Waals surface area contributed by atoms with E-state index in [-0.39, 0.29) is 16.9 Å². The van der Waals surface area contributed by atoms with Crippen LogP contribution in [0, 0.1) is 33.3 Å². The van der Waals surface area contributed by atoms with E-state index >= 15 is 0 Å². The third-order valence-corrected chi connectivity index (χ3v) is 5.05. The average molecular weight is 225 g/mol. The molecule has 16 heavy (non-hydrogen) atoms. The van der Waals surface area contributed by atoms with Crippen molar-refractivity contribution in [3.63, 3.8) is 0 Å². The molecule has 4 bridgehead atoms. The van der Waals surface area contributed by atoms with Crippen LogP contribution in [0.4, 0.5) is 0 Å². The van der Waals surface area contributed by atoms with Gasteiger partial charge in [0.1, 0.15) is 0 Å². The lowest BCUT2D eigenvalue weighted by Gasteiger charge is -2.58. The van der Waals surface area contributed by atoms with Crippen molar-refractivity contribution >= 4 is 0 Å². The van der Waals surface area contributed by atoms with E-state index in [1.165, 1.54) is 12.8 Å². The lowest BCUT2D eigenvalue weighted by atomic mass is 9.48. The van der Waals surface area contributed by atoms with Gasteiger partial charge in [0.05, 0.1) is 6.10 Å². The summed E-state index contributed by atoms with van der Waals surface area (Å²) in [6.45, 7) is 0.187. The SMILES string of the molecule is COC1C2CC3CC1CC(C[N+](=O)[O-])(C3)C2. The van der Waals surface area contributed by atoms with E-state index in [0.717, 1.165) is 25.2 Å². The van der Waals surface area contributed by atoms with Crippen molar-refractivity contribution in [2.45, 2.75) is 38.2 Å². The van der Waals surface area contributed by atoms with Crippen molar-refractivity contribution < 1.29 is 9.66 Å². The van der Waals surface area contributed by atoms with Crippen LogP contribution in [0.5, 0.6) is 0 Å². The van der Waals surface area contributed by atoms with Gasteiger partial charge >= 0.3 is 0 Å². The monoisotopic (exact) mass is 225 g/mol. The van der Waals surface area contributed by atoms with E-state index in [9.17, 15) is 10.1 Å². The summed E-state index contributed by atoms with van der Waals surface area (Å²) in [4.78, 5) is 10.7. The highest BCUT2D eigenvalue weighted by molar-refractivity contribution is 5.05. The first-order chi connectivity index (χ1) is 7.62. The Morgan fingerprint density at radius 2 is 1.94 bits per heavy atom. The Hall–Kier alpha value is -0.640. The van der Waals surface area contributed by atoms with Crippen LogP contribution in [0.15, 0.2) is 0 Å². The minimum absolute atomic E-state index is 0.0228. The zero-order valence-corrected chi connectivity index (χ0v) is 9.72. The maximum absolute atomic E-state index is 10.8. The van der Waals surface area contributed by atoms with E-state index in [2.05, 4.69) is 0 Å². The number of nitrogens with zero attached hydrogens (tertiary/aromatic N) is 1. The first kappa shape index (κ1) is 10.5. The Morgan fingerprint density at radius 1 is 1.31 bits per heavy atom. The Bertz CT molecular complexity index is 301. The van der Waals surface area contributed by atoms with Crippen LogP contribution in [0.25, 0.3) is 0 Å². The molecule has 4 aliphatic rings. The molecule has 90 valence electrons. The molecule has 4 fully saturated rings. The fraction of sp³-hybridized carbons (Fsp3) is 1.00. The predicted molar refractivity (Wildman–Crippen MR) is 58.6 cm³/mol. The van der Waals surface area contributed by atoms with E-state index < -0.39 is 0 Å². The lowest BCUT2D eigenvalue weighted by molar-refractivity contribution is -0.503. The van der Waals surface area contributed by atoms with Gasteiger partial charge in [0.25, 0.3) is 0 Å². The first-order valence-corrected chi connectivity index (χ1v) is 6.26. The summed E-state index contributed by atoms with van der Waals surface area (Å²) in [6.07, 6.45) is 6.02. The van der Waals surface area contributed by atoms with Gasteiger partial charge in [-0.05, 0) is 49.9 Å². The highest BCUT2D eigenvalue weighted by atomic mass is 16.6. The number of hydrogen-bond donors (Lipinski definition) is 0. The minimum atomic E-state index is -0.102. The number of methoxy groups -OCH3 is 1. The van der Waals surface area contributed by atoms with Crippen LogP contribution >= 0.6 is 0 Å². The van der Waals surface area contributed by atoms with E-state index in [0.29, 0.717) is 17.9 Å². The molecule has 0 aliphatic heterocycles.